The van der Waals surface area contributed by atoms with Crippen LogP contribution in [0.25, 0.3) is 11.0 Å². The highest BCUT2D eigenvalue weighted by atomic mass is 19.4. The lowest BCUT2D eigenvalue weighted by Crippen LogP contribution is -2.47. The molecule has 4 heterocycles. The summed E-state index contributed by atoms with van der Waals surface area (Å²) in [6.07, 6.45) is -1.45. The van der Waals surface area contributed by atoms with Gasteiger partial charge in [0.25, 0.3) is 5.56 Å². The third-order valence-corrected chi connectivity index (χ3v) is 4.70. The highest BCUT2D eigenvalue weighted by molar-refractivity contribution is 5.76. The predicted molar refractivity (Wildman–Crippen MR) is 95.0 cm³/mol. The standard InChI is InChI=1S/C17H17F3N6O/c1-24-5-3-12-14(24)22-16(23-15(12)27)26-8-6-25(7-9-26)13-10-11(2-4-21-13)17(18,19)20/h2-5,10H,6-9H2,1H3,(H,22,23,27). The summed E-state index contributed by atoms with van der Waals surface area (Å²) < 4.78 is 40.4. The van der Waals surface area contributed by atoms with Crippen LogP contribution in [-0.4, -0.2) is 45.7 Å². The van der Waals surface area contributed by atoms with Gasteiger partial charge >= 0.3 is 6.18 Å². The van der Waals surface area contributed by atoms with Gasteiger partial charge in [-0.1, -0.05) is 0 Å². The normalized spacial score (nSPS) is 15.6. The molecule has 1 fully saturated rings. The summed E-state index contributed by atoms with van der Waals surface area (Å²) >= 11 is 0. The average Bonchev–Trinajstić information content (AvgIpc) is 3.03. The first kappa shape index (κ1) is 17.4. The van der Waals surface area contributed by atoms with Gasteiger partial charge in [0.1, 0.15) is 11.5 Å². The van der Waals surface area contributed by atoms with E-state index in [1.807, 2.05) is 11.9 Å². The Morgan fingerprint density at radius 1 is 1.11 bits per heavy atom. The quantitative estimate of drug-likeness (QED) is 0.739. The Balaban J connectivity index is 1.53. The van der Waals surface area contributed by atoms with E-state index in [1.54, 1.807) is 21.7 Å². The molecule has 142 valence electrons. The number of nitrogens with zero attached hydrogens (tertiary/aromatic N) is 5. The van der Waals surface area contributed by atoms with Crippen LogP contribution in [0.15, 0.2) is 35.4 Å². The monoisotopic (exact) mass is 378 g/mol. The van der Waals surface area contributed by atoms with E-state index in [2.05, 4.69) is 15.0 Å². The van der Waals surface area contributed by atoms with Crippen molar-refractivity contribution < 1.29 is 13.2 Å². The Morgan fingerprint density at radius 3 is 2.52 bits per heavy atom. The van der Waals surface area contributed by atoms with E-state index in [0.29, 0.717) is 49.0 Å². The number of alkyl halides is 3. The lowest BCUT2D eigenvalue weighted by molar-refractivity contribution is -0.137. The van der Waals surface area contributed by atoms with Crippen LogP contribution in [0, 0.1) is 0 Å². The number of fused-ring (bicyclic) bond motifs is 1. The van der Waals surface area contributed by atoms with E-state index in [1.165, 1.54) is 6.20 Å². The van der Waals surface area contributed by atoms with Gasteiger partial charge in [0, 0.05) is 45.6 Å². The second-order valence-electron chi connectivity index (χ2n) is 6.43. The maximum atomic E-state index is 12.9. The van der Waals surface area contributed by atoms with Crippen LogP contribution in [0.2, 0.25) is 0 Å². The highest BCUT2D eigenvalue weighted by Gasteiger charge is 2.31. The molecule has 0 aliphatic carbocycles. The van der Waals surface area contributed by atoms with E-state index < -0.39 is 11.7 Å². The van der Waals surface area contributed by atoms with Crippen LogP contribution in [0.4, 0.5) is 24.9 Å². The Hall–Kier alpha value is -3.04. The second-order valence-corrected chi connectivity index (χ2v) is 6.43. The number of rotatable bonds is 2. The zero-order valence-corrected chi connectivity index (χ0v) is 14.5. The predicted octanol–water partition coefficient (Wildman–Crippen LogP) is 2.00. The average molecular weight is 378 g/mol. The SMILES string of the molecule is Cn1ccc2c(=O)[nH]c(N3CCN(c4cc(C(F)(F)F)ccn4)CC3)nc21. The topological polar surface area (TPSA) is 70.1 Å². The Labute approximate surface area is 152 Å². The number of halogens is 3. The fourth-order valence-corrected chi connectivity index (χ4v) is 3.20. The molecule has 0 amide bonds. The molecule has 1 aliphatic heterocycles. The van der Waals surface area contributed by atoms with E-state index in [9.17, 15) is 18.0 Å². The van der Waals surface area contributed by atoms with E-state index in [4.69, 9.17) is 0 Å². The molecular formula is C17H17F3N6O. The molecule has 10 heteroatoms. The molecule has 7 nitrogen and oxygen atoms in total. The summed E-state index contributed by atoms with van der Waals surface area (Å²) in [4.78, 5) is 27.3. The number of pyridine rings is 1. The van der Waals surface area contributed by atoms with Crippen LogP contribution < -0.4 is 15.4 Å². The minimum absolute atomic E-state index is 0.211. The Bertz CT molecular complexity index is 1030. The van der Waals surface area contributed by atoms with Crippen molar-refractivity contribution in [1.82, 2.24) is 19.5 Å². The van der Waals surface area contributed by atoms with Gasteiger partial charge in [0.15, 0.2) is 0 Å². The maximum absolute atomic E-state index is 12.9. The molecule has 0 spiro atoms. The molecule has 0 atom stereocenters. The van der Waals surface area contributed by atoms with Gasteiger partial charge in [0.05, 0.1) is 10.9 Å². The molecule has 0 aromatic carbocycles. The number of aryl methyl sites for hydroxylation is 1. The molecule has 1 aliphatic rings. The van der Waals surface area contributed by atoms with Gasteiger partial charge in [-0.15, -0.1) is 0 Å². The summed E-state index contributed by atoms with van der Waals surface area (Å²) in [6.45, 7) is 1.97. The summed E-state index contributed by atoms with van der Waals surface area (Å²) in [6, 6.07) is 3.73. The molecule has 0 bridgehead atoms. The largest absolute Gasteiger partial charge is 0.416 e. The minimum atomic E-state index is -4.40. The first-order valence-corrected chi connectivity index (χ1v) is 8.41. The molecule has 1 N–H and O–H groups in total. The first-order valence-electron chi connectivity index (χ1n) is 8.41. The Kier molecular flexibility index (Phi) is 4.05. The molecule has 0 unspecified atom stereocenters. The molecule has 27 heavy (non-hydrogen) atoms. The smallest absolute Gasteiger partial charge is 0.353 e. The van der Waals surface area contributed by atoms with Crippen molar-refractivity contribution >= 4 is 22.8 Å². The number of nitrogens with one attached hydrogen (secondary N) is 1. The van der Waals surface area contributed by atoms with Crippen molar-refractivity contribution in [3.63, 3.8) is 0 Å². The fourth-order valence-electron chi connectivity index (χ4n) is 3.20. The third kappa shape index (κ3) is 3.22. The number of hydrogen-bond acceptors (Lipinski definition) is 5. The number of H-pyrrole nitrogens is 1. The van der Waals surface area contributed by atoms with Crippen molar-refractivity contribution in [3.8, 4) is 0 Å². The summed E-state index contributed by atoms with van der Waals surface area (Å²) in [5, 5.41) is 0.521. The maximum Gasteiger partial charge on any atom is 0.416 e. The first-order chi connectivity index (χ1) is 12.8. The zero-order valence-electron chi connectivity index (χ0n) is 14.5. The van der Waals surface area contributed by atoms with E-state index in [-0.39, 0.29) is 5.56 Å². The van der Waals surface area contributed by atoms with Gasteiger partial charge in [-0.25, -0.2) is 4.98 Å². The highest BCUT2D eigenvalue weighted by Crippen LogP contribution is 2.31. The summed E-state index contributed by atoms with van der Waals surface area (Å²) in [5.41, 5.74) is -0.330. The van der Waals surface area contributed by atoms with Crippen molar-refractivity contribution in [2.24, 2.45) is 7.05 Å². The molecule has 0 radical (unpaired) electrons. The number of hydrogen-bond donors (Lipinski definition) is 1. The van der Waals surface area contributed by atoms with Gasteiger partial charge in [-0.3, -0.25) is 9.78 Å². The van der Waals surface area contributed by atoms with Crippen molar-refractivity contribution in [1.29, 1.82) is 0 Å². The fraction of sp³-hybridized carbons (Fsp3) is 0.353. The molecule has 4 rings (SSSR count). The summed E-state index contributed by atoms with van der Waals surface area (Å²) in [5.74, 6) is 0.759. The van der Waals surface area contributed by atoms with Crippen LogP contribution in [-0.2, 0) is 13.2 Å². The second kappa shape index (κ2) is 6.29. The van der Waals surface area contributed by atoms with E-state index in [0.717, 1.165) is 12.1 Å². The van der Waals surface area contributed by atoms with Crippen LogP contribution in [0.1, 0.15) is 5.56 Å². The van der Waals surface area contributed by atoms with Crippen molar-refractivity contribution in [2.75, 3.05) is 36.0 Å². The minimum Gasteiger partial charge on any atom is -0.353 e. The molecule has 0 saturated carbocycles. The lowest BCUT2D eigenvalue weighted by Gasteiger charge is -2.35. The molecular weight excluding hydrogens is 361 g/mol. The molecule has 1 saturated heterocycles. The van der Waals surface area contributed by atoms with Gasteiger partial charge in [-0.05, 0) is 18.2 Å². The van der Waals surface area contributed by atoms with Crippen LogP contribution >= 0.6 is 0 Å². The number of piperazine rings is 1. The lowest BCUT2D eigenvalue weighted by atomic mass is 10.2. The van der Waals surface area contributed by atoms with Crippen molar-refractivity contribution in [2.45, 2.75) is 6.18 Å². The number of anilines is 2. The van der Waals surface area contributed by atoms with Crippen LogP contribution in [0.5, 0.6) is 0 Å². The van der Waals surface area contributed by atoms with E-state index >= 15 is 0 Å². The Morgan fingerprint density at radius 2 is 1.81 bits per heavy atom. The van der Waals surface area contributed by atoms with Crippen LogP contribution in [0.3, 0.4) is 0 Å². The van der Waals surface area contributed by atoms with Crippen molar-refractivity contribution in [3.05, 3.63) is 46.5 Å². The van der Waals surface area contributed by atoms with Gasteiger partial charge < -0.3 is 14.4 Å². The number of aromatic nitrogens is 4. The molecule has 3 aromatic rings. The van der Waals surface area contributed by atoms with Gasteiger partial charge in [0.2, 0.25) is 5.95 Å². The molecule has 3 aromatic heterocycles. The number of aromatic amines is 1. The zero-order chi connectivity index (χ0) is 19.2. The van der Waals surface area contributed by atoms with Gasteiger partial charge in [-0.2, -0.15) is 18.2 Å². The summed E-state index contributed by atoms with van der Waals surface area (Å²) in [7, 11) is 1.82. The third-order valence-electron chi connectivity index (χ3n) is 4.70.